The predicted molar refractivity (Wildman–Crippen MR) is 410 cm³/mol. The summed E-state index contributed by atoms with van der Waals surface area (Å²) in [5.74, 6) is 0. The summed E-state index contributed by atoms with van der Waals surface area (Å²) in [5.41, 5.74) is 29.6. The van der Waals surface area contributed by atoms with Crippen molar-refractivity contribution >= 4 is 132 Å². The minimum atomic E-state index is 1.17. The Bertz CT molecular complexity index is 6030. The van der Waals surface area contributed by atoms with Gasteiger partial charge >= 0.3 is 0 Å². The van der Waals surface area contributed by atoms with Crippen LogP contribution < -0.4 is 0 Å². The van der Waals surface area contributed by atoms with Gasteiger partial charge in [0.05, 0.1) is 0 Å². The van der Waals surface area contributed by atoms with E-state index in [1.807, 2.05) is 0 Å². The number of hydrogen-bond donors (Lipinski definition) is 0. The minimum absolute atomic E-state index is 1.17. The normalized spacial score (nSPS) is 14.3. The van der Waals surface area contributed by atoms with Crippen molar-refractivity contribution in [1.82, 2.24) is 0 Å². The summed E-state index contributed by atoms with van der Waals surface area (Å²) in [6.07, 6.45) is 7.40. The minimum Gasteiger partial charge on any atom is -0.0616 e. The number of fused-ring (bicyclic) bond motifs is 9. The van der Waals surface area contributed by atoms with Crippen LogP contribution in [0.25, 0.3) is 199 Å². The van der Waals surface area contributed by atoms with Crippen LogP contribution in [0.2, 0.25) is 0 Å². The molecule has 0 atom stereocenters. The monoisotopic (exact) mass is 1210 g/mol. The molecule has 0 N–H and O–H groups in total. The zero-order valence-electron chi connectivity index (χ0n) is 52.2. The molecule has 0 aromatic heterocycles. The number of rotatable bonds is 6. The molecule has 0 nitrogen and oxygen atoms in total. The fourth-order valence-electron chi connectivity index (χ4n) is 17.6. The van der Waals surface area contributed by atoms with Crippen molar-refractivity contribution in [3.05, 3.63) is 359 Å². The van der Waals surface area contributed by atoms with Gasteiger partial charge in [-0.3, -0.25) is 0 Å². The molecule has 3 aliphatic rings. The second-order valence-electron chi connectivity index (χ2n) is 26.9. The lowest BCUT2D eigenvalue weighted by Crippen LogP contribution is -1.91. The van der Waals surface area contributed by atoms with Crippen molar-refractivity contribution in [2.45, 2.75) is 0 Å². The molecule has 0 fully saturated rings. The van der Waals surface area contributed by atoms with Gasteiger partial charge in [0.25, 0.3) is 0 Å². The maximum absolute atomic E-state index is 2.48. The Morgan fingerprint density at radius 1 is 0.146 bits per heavy atom. The zero-order valence-corrected chi connectivity index (χ0v) is 52.2. The zero-order chi connectivity index (χ0) is 62.4. The van der Waals surface area contributed by atoms with Gasteiger partial charge in [-0.25, -0.2) is 0 Å². The molecule has 96 heavy (non-hydrogen) atoms. The third-order valence-electron chi connectivity index (χ3n) is 22.0. The van der Waals surface area contributed by atoms with Crippen LogP contribution in [-0.2, 0) is 0 Å². The van der Waals surface area contributed by atoms with E-state index in [1.54, 1.807) is 0 Å². The summed E-state index contributed by atoms with van der Waals surface area (Å²) in [4.78, 5) is 0. The van der Waals surface area contributed by atoms with E-state index in [1.165, 1.54) is 231 Å². The number of benzene rings is 19. The topological polar surface area (TPSA) is 0 Å². The van der Waals surface area contributed by atoms with Crippen LogP contribution in [0.1, 0.15) is 50.1 Å². The molecular weight excluding hydrogens is 1150 g/mol. The van der Waals surface area contributed by atoms with Crippen LogP contribution in [0.3, 0.4) is 0 Å². The van der Waals surface area contributed by atoms with Gasteiger partial charge in [-0.1, -0.05) is 273 Å². The molecule has 22 rings (SSSR count). The number of hydrogen-bond acceptors (Lipinski definition) is 0. The highest BCUT2D eigenvalue weighted by Crippen LogP contribution is 2.53. The van der Waals surface area contributed by atoms with Crippen molar-refractivity contribution < 1.29 is 0 Å². The lowest BCUT2D eigenvalue weighted by Gasteiger charge is -2.15. The molecule has 0 amide bonds. The summed E-state index contributed by atoms with van der Waals surface area (Å²) in [5, 5.41) is 23.4. The maximum Gasteiger partial charge on any atom is -0.00208 e. The Labute approximate surface area is 554 Å². The van der Waals surface area contributed by atoms with E-state index in [0.717, 1.165) is 0 Å². The van der Waals surface area contributed by atoms with Crippen molar-refractivity contribution in [2.75, 3.05) is 0 Å². The summed E-state index contributed by atoms with van der Waals surface area (Å²) in [7, 11) is 0. The quantitative estimate of drug-likeness (QED) is 0.146. The van der Waals surface area contributed by atoms with Crippen LogP contribution >= 0.6 is 0 Å². The Morgan fingerprint density at radius 2 is 0.385 bits per heavy atom. The molecule has 438 valence electrons. The molecule has 0 unspecified atom stereocenters. The molecule has 0 aliphatic heterocycles. The van der Waals surface area contributed by atoms with E-state index >= 15 is 0 Å². The first-order chi connectivity index (χ1) is 47.5. The molecule has 0 heterocycles. The second-order valence-corrected chi connectivity index (χ2v) is 26.9. The van der Waals surface area contributed by atoms with Gasteiger partial charge in [-0.05, 0) is 285 Å². The predicted octanol–water partition coefficient (Wildman–Crippen LogP) is 26.1. The molecule has 3 aliphatic carbocycles. The standard InChI is InChI=1S/C96H54/c1-4-19-79-76(16-1)82-43-37-64(49-85(82)88(79)52-67-31-28-61-25-22-55-10-7-13-58-34-40-73(67)94(61)91(55)58)70-46-71(65-38-44-83-77-17-2-5-20-80(77)89(86(83)50-65)53-68-32-29-62-26-23-56-11-8-14-59-35-41-74(68)95(62)92(56)59)48-72(47-70)66-39-45-84-78-18-3-6-21-81(78)90(87(84)51-66)54-69-33-30-63-27-24-57-12-9-15-60-36-42-75(69)96(63)93(57)60/h1-54H/b88-52-,89-53+,90-54+. The van der Waals surface area contributed by atoms with Gasteiger partial charge < -0.3 is 0 Å². The van der Waals surface area contributed by atoms with E-state index in [-0.39, 0.29) is 0 Å². The van der Waals surface area contributed by atoms with E-state index in [4.69, 9.17) is 0 Å². The van der Waals surface area contributed by atoms with E-state index < -0.39 is 0 Å². The SMILES string of the molecule is C(=C1\c2ccccc2-c2ccc(-c3cc(-c4ccc5c(c4)/C(=C/c4ccc6ccc7cccc8ccc4c6c78)c4ccccc4-5)cc(-c4ccc5c(c4)/C(=C/c4ccc6ccc7cccc8ccc4c6c78)c4ccccc4-5)c3)cc21)/c1ccc2ccc3cccc4ccc1c2c34. The molecule has 0 spiro atoms. The molecule has 0 bridgehead atoms. The summed E-state index contributed by atoms with van der Waals surface area (Å²) >= 11 is 0. The Balaban J connectivity index is 0.738. The molecular formula is C96H54. The van der Waals surface area contributed by atoms with Crippen molar-refractivity contribution in [2.24, 2.45) is 0 Å². The van der Waals surface area contributed by atoms with Crippen molar-refractivity contribution in [3.8, 4) is 66.8 Å². The van der Waals surface area contributed by atoms with Crippen molar-refractivity contribution in [1.29, 1.82) is 0 Å². The van der Waals surface area contributed by atoms with E-state index in [0.29, 0.717) is 0 Å². The highest BCUT2D eigenvalue weighted by atomic mass is 14.3. The van der Waals surface area contributed by atoms with E-state index in [2.05, 4.69) is 328 Å². The summed E-state index contributed by atoms with van der Waals surface area (Å²) in [6, 6.07) is 118. The fraction of sp³-hybridized carbons (Fsp3) is 0. The molecule has 19 aromatic carbocycles. The Morgan fingerprint density at radius 3 is 0.677 bits per heavy atom. The lowest BCUT2D eigenvalue weighted by atomic mass is 9.88. The molecule has 19 aromatic rings. The van der Waals surface area contributed by atoms with Crippen molar-refractivity contribution in [3.63, 3.8) is 0 Å². The van der Waals surface area contributed by atoms with Gasteiger partial charge in [-0.2, -0.15) is 0 Å². The van der Waals surface area contributed by atoms with Crippen LogP contribution in [0.4, 0.5) is 0 Å². The first-order valence-corrected chi connectivity index (χ1v) is 33.6. The smallest absolute Gasteiger partial charge is 0.00208 e. The fourth-order valence-corrected chi connectivity index (χ4v) is 17.6. The molecule has 0 heteroatoms. The first kappa shape index (κ1) is 52.1. The molecule has 0 saturated carbocycles. The molecule has 0 radical (unpaired) electrons. The van der Waals surface area contributed by atoms with Crippen LogP contribution in [0.15, 0.2) is 309 Å². The average molecular weight is 1210 g/mol. The highest BCUT2D eigenvalue weighted by Gasteiger charge is 2.29. The summed E-state index contributed by atoms with van der Waals surface area (Å²) < 4.78 is 0. The highest BCUT2D eigenvalue weighted by molar-refractivity contribution is 6.28. The lowest BCUT2D eigenvalue weighted by molar-refractivity contribution is 1.55. The van der Waals surface area contributed by atoms with E-state index in [9.17, 15) is 0 Å². The summed E-state index contributed by atoms with van der Waals surface area (Å²) in [6.45, 7) is 0. The van der Waals surface area contributed by atoms with Gasteiger partial charge in [0.1, 0.15) is 0 Å². The average Bonchev–Trinajstić information content (AvgIpc) is 1.04. The third-order valence-corrected chi connectivity index (χ3v) is 22.0. The maximum atomic E-state index is 2.48. The molecule has 0 saturated heterocycles. The Kier molecular flexibility index (Phi) is 10.6. The van der Waals surface area contributed by atoms with Gasteiger partial charge in [0.2, 0.25) is 0 Å². The van der Waals surface area contributed by atoms with Gasteiger partial charge in [-0.15, -0.1) is 0 Å². The first-order valence-electron chi connectivity index (χ1n) is 33.6. The van der Waals surface area contributed by atoms with Crippen LogP contribution in [0.5, 0.6) is 0 Å². The second kappa shape index (κ2) is 19.5. The van der Waals surface area contributed by atoms with Gasteiger partial charge in [0.15, 0.2) is 0 Å². The van der Waals surface area contributed by atoms with Crippen LogP contribution in [-0.4, -0.2) is 0 Å². The van der Waals surface area contributed by atoms with Crippen LogP contribution in [0, 0.1) is 0 Å². The largest absolute Gasteiger partial charge is 0.0616 e. The Hall–Kier alpha value is -12.5. The third kappa shape index (κ3) is 7.44. The van der Waals surface area contributed by atoms with Gasteiger partial charge in [0, 0.05) is 0 Å².